The number of nitro benzene ring substituents is 1. The molecule has 0 spiro atoms. The summed E-state index contributed by atoms with van der Waals surface area (Å²) >= 11 is 0. The molecule has 3 aromatic carbocycles. The second-order valence-electron chi connectivity index (χ2n) is 6.94. The smallest absolute Gasteiger partial charge is 0.339 e. The summed E-state index contributed by atoms with van der Waals surface area (Å²) in [5.74, 6) is -0.0644. The van der Waals surface area contributed by atoms with Crippen LogP contribution >= 0.6 is 0 Å². The summed E-state index contributed by atoms with van der Waals surface area (Å²) in [5, 5.41) is 22.8. The Balaban J connectivity index is 1.71. The van der Waals surface area contributed by atoms with Crippen LogP contribution in [0.3, 0.4) is 0 Å². The SMILES string of the molecule is CCOc1cccc(NC(=O)/C(C#N)=C/c2ccc(OS(=O)(=O)c3ccc([N+](=O)[O-])cc3)cc2)c1. The molecule has 0 fully saturated rings. The van der Waals surface area contributed by atoms with E-state index in [0.717, 1.165) is 24.3 Å². The first kappa shape index (κ1) is 24.9. The molecule has 0 bridgehead atoms. The van der Waals surface area contributed by atoms with E-state index in [9.17, 15) is 28.6 Å². The van der Waals surface area contributed by atoms with Gasteiger partial charge in [0.15, 0.2) is 0 Å². The molecule has 11 heteroatoms. The number of anilines is 1. The molecule has 3 rings (SSSR count). The van der Waals surface area contributed by atoms with E-state index in [0.29, 0.717) is 23.6 Å². The number of hydrogen-bond donors (Lipinski definition) is 1. The Bertz CT molecular complexity index is 1410. The van der Waals surface area contributed by atoms with Gasteiger partial charge in [0.2, 0.25) is 0 Å². The van der Waals surface area contributed by atoms with Crippen LogP contribution in [0.5, 0.6) is 11.5 Å². The van der Waals surface area contributed by atoms with Gasteiger partial charge in [-0.25, -0.2) is 0 Å². The van der Waals surface area contributed by atoms with Crippen molar-refractivity contribution < 1.29 is 27.1 Å². The van der Waals surface area contributed by atoms with Crippen LogP contribution in [0.25, 0.3) is 6.08 Å². The summed E-state index contributed by atoms with van der Waals surface area (Å²) in [7, 11) is -4.22. The fourth-order valence-electron chi connectivity index (χ4n) is 2.87. The van der Waals surface area contributed by atoms with Crippen molar-refractivity contribution in [2.75, 3.05) is 11.9 Å². The number of benzene rings is 3. The molecule has 0 saturated heterocycles. The Morgan fingerprint density at radius 3 is 2.37 bits per heavy atom. The van der Waals surface area contributed by atoms with Gasteiger partial charge >= 0.3 is 10.1 Å². The summed E-state index contributed by atoms with van der Waals surface area (Å²) in [6.07, 6.45) is 1.34. The highest BCUT2D eigenvalue weighted by atomic mass is 32.2. The molecule has 0 aliphatic carbocycles. The minimum atomic E-state index is -4.22. The zero-order valence-corrected chi connectivity index (χ0v) is 19.2. The molecule has 178 valence electrons. The van der Waals surface area contributed by atoms with Gasteiger partial charge in [0.1, 0.15) is 28.0 Å². The van der Waals surface area contributed by atoms with Crippen molar-refractivity contribution in [2.45, 2.75) is 11.8 Å². The largest absolute Gasteiger partial charge is 0.494 e. The average Bonchev–Trinajstić information content (AvgIpc) is 2.84. The summed E-state index contributed by atoms with van der Waals surface area (Å²) in [6.45, 7) is 2.30. The number of nitrogens with one attached hydrogen (secondary N) is 1. The zero-order chi connectivity index (χ0) is 25.4. The number of nitrogens with zero attached hydrogens (tertiary/aromatic N) is 2. The molecule has 35 heavy (non-hydrogen) atoms. The van der Waals surface area contributed by atoms with Crippen LogP contribution in [0.15, 0.2) is 83.3 Å². The minimum Gasteiger partial charge on any atom is -0.494 e. The number of amides is 1. The van der Waals surface area contributed by atoms with E-state index < -0.39 is 20.9 Å². The van der Waals surface area contributed by atoms with Gasteiger partial charge in [-0.2, -0.15) is 13.7 Å². The van der Waals surface area contributed by atoms with Crippen molar-refractivity contribution in [1.82, 2.24) is 0 Å². The fourth-order valence-corrected chi connectivity index (χ4v) is 3.80. The molecule has 1 amide bonds. The quantitative estimate of drug-likeness (QED) is 0.152. The predicted molar refractivity (Wildman–Crippen MR) is 127 cm³/mol. The number of carbonyl (C=O) groups is 1. The molecule has 0 unspecified atom stereocenters. The van der Waals surface area contributed by atoms with Crippen molar-refractivity contribution in [3.05, 3.63) is 94.0 Å². The van der Waals surface area contributed by atoms with Gasteiger partial charge in [-0.05, 0) is 55.0 Å². The van der Waals surface area contributed by atoms with Gasteiger partial charge in [0, 0.05) is 23.9 Å². The minimum absolute atomic E-state index is 0.0174. The Kier molecular flexibility index (Phi) is 7.81. The van der Waals surface area contributed by atoms with Crippen molar-refractivity contribution in [3.8, 4) is 17.6 Å². The molecule has 3 aromatic rings. The lowest BCUT2D eigenvalue weighted by atomic mass is 10.1. The first-order valence-electron chi connectivity index (χ1n) is 10.2. The van der Waals surface area contributed by atoms with Gasteiger partial charge in [-0.3, -0.25) is 14.9 Å². The van der Waals surface area contributed by atoms with E-state index in [1.54, 1.807) is 24.3 Å². The number of nitro groups is 1. The Morgan fingerprint density at radius 1 is 1.09 bits per heavy atom. The summed E-state index contributed by atoms with van der Waals surface area (Å²) < 4.78 is 35.3. The van der Waals surface area contributed by atoms with Crippen molar-refractivity contribution in [2.24, 2.45) is 0 Å². The van der Waals surface area contributed by atoms with Crippen LogP contribution in [0.4, 0.5) is 11.4 Å². The molecule has 0 heterocycles. The first-order chi connectivity index (χ1) is 16.7. The number of carbonyl (C=O) groups excluding carboxylic acids is 1. The van der Waals surface area contributed by atoms with E-state index >= 15 is 0 Å². The van der Waals surface area contributed by atoms with Gasteiger partial charge in [-0.15, -0.1) is 0 Å². The highest BCUT2D eigenvalue weighted by molar-refractivity contribution is 7.87. The standard InChI is InChI=1S/C24H19N3O7S/c1-2-33-22-5-3-4-19(15-22)26-24(28)18(16-25)14-17-6-10-21(11-7-17)34-35(31,32)23-12-8-20(9-13-23)27(29)30/h3-15H,2H2,1H3,(H,26,28)/b18-14+. The summed E-state index contributed by atoms with van der Waals surface area (Å²) in [6, 6.07) is 18.5. The summed E-state index contributed by atoms with van der Waals surface area (Å²) in [4.78, 5) is 22.3. The predicted octanol–water partition coefficient (Wildman–Crippen LogP) is 4.31. The van der Waals surface area contributed by atoms with Gasteiger partial charge in [0.05, 0.1) is 11.5 Å². The van der Waals surface area contributed by atoms with E-state index in [2.05, 4.69) is 5.32 Å². The molecular formula is C24H19N3O7S. The van der Waals surface area contributed by atoms with Gasteiger partial charge < -0.3 is 14.2 Å². The number of hydrogen-bond acceptors (Lipinski definition) is 8. The molecule has 0 saturated carbocycles. The maximum atomic E-state index is 12.5. The monoisotopic (exact) mass is 493 g/mol. The second kappa shape index (κ2) is 11.0. The molecule has 10 nitrogen and oxygen atoms in total. The van der Waals surface area contributed by atoms with Crippen molar-refractivity contribution in [1.29, 1.82) is 5.26 Å². The molecule has 0 atom stereocenters. The number of nitriles is 1. The maximum Gasteiger partial charge on any atom is 0.339 e. The van der Waals surface area contributed by atoms with Crippen LogP contribution < -0.4 is 14.2 Å². The molecule has 0 aliphatic heterocycles. The average molecular weight is 493 g/mol. The van der Waals surface area contributed by atoms with Gasteiger partial charge in [0.25, 0.3) is 11.6 Å². The third kappa shape index (κ3) is 6.66. The van der Waals surface area contributed by atoms with Crippen LogP contribution in [0, 0.1) is 21.4 Å². The highest BCUT2D eigenvalue weighted by Gasteiger charge is 2.18. The van der Waals surface area contributed by atoms with Crippen LogP contribution in [0.2, 0.25) is 0 Å². The zero-order valence-electron chi connectivity index (χ0n) is 18.4. The molecule has 0 radical (unpaired) electrons. The number of ether oxygens (including phenoxy) is 1. The highest BCUT2D eigenvalue weighted by Crippen LogP contribution is 2.23. The third-order valence-corrected chi connectivity index (χ3v) is 5.76. The van der Waals surface area contributed by atoms with Crippen LogP contribution in [-0.4, -0.2) is 25.9 Å². The van der Waals surface area contributed by atoms with Crippen LogP contribution in [-0.2, 0) is 14.9 Å². The lowest BCUT2D eigenvalue weighted by Crippen LogP contribution is -2.13. The lowest BCUT2D eigenvalue weighted by molar-refractivity contribution is -0.384. The van der Waals surface area contributed by atoms with Crippen molar-refractivity contribution in [3.63, 3.8) is 0 Å². The molecule has 0 aliphatic rings. The Hall–Kier alpha value is -4.69. The topological polar surface area (TPSA) is 149 Å². The third-order valence-electron chi connectivity index (χ3n) is 4.50. The lowest BCUT2D eigenvalue weighted by Gasteiger charge is -2.08. The second-order valence-corrected chi connectivity index (χ2v) is 8.49. The Labute approximate surface area is 201 Å². The number of non-ortho nitro benzene ring substituents is 1. The molecular weight excluding hydrogens is 474 g/mol. The van der Waals surface area contributed by atoms with E-state index in [1.165, 1.54) is 30.3 Å². The number of rotatable bonds is 9. The van der Waals surface area contributed by atoms with Gasteiger partial charge in [-0.1, -0.05) is 18.2 Å². The Morgan fingerprint density at radius 2 is 1.77 bits per heavy atom. The summed E-state index contributed by atoms with van der Waals surface area (Å²) in [5.41, 5.74) is 0.501. The van der Waals surface area contributed by atoms with E-state index in [4.69, 9.17) is 8.92 Å². The molecule has 1 N–H and O–H groups in total. The fraction of sp³-hybridized carbons (Fsp3) is 0.0833. The maximum absolute atomic E-state index is 12.5. The molecule has 0 aromatic heterocycles. The van der Waals surface area contributed by atoms with E-state index in [-0.39, 0.29) is 21.9 Å². The van der Waals surface area contributed by atoms with Crippen molar-refractivity contribution >= 4 is 33.5 Å². The van der Waals surface area contributed by atoms with E-state index in [1.807, 2.05) is 13.0 Å². The first-order valence-corrected chi connectivity index (χ1v) is 11.6. The van der Waals surface area contributed by atoms with Crippen LogP contribution in [0.1, 0.15) is 12.5 Å². The normalized spacial score (nSPS) is 11.3.